The molecule has 0 spiro atoms. The average molecular weight is 373 g/mol. The second-order valence-corrected chi connectivity index (χ2v) is 5.99. The summed E-state index contributed by atoms with van der Waals surface area (Å²) in [6, 6.07) is 1.66. The number of rotatable bonds is 6. The van der Waals surface area contributed by atoms with Gasteiger partial charge in [-0.1, -0.05) is 0 Å². The number of amides is 1. The number of methoxy groups -OCH3 is 2. The van der Waals surface area contributed by atoms with E-state index in [9.17, 15) is 20.0 Å². The minimum Gasteiger partial charge on any atom is -0.733 e. The summed E-state index contributed by atoms with van der Waals surface area (Å²) < 4.78 is 15.2. The molecule has 0 saturated carbocycles. The van der Waals surface area contributed by atoms with Crippen LogP contribution in [0.15, 0.2) is 12.1 Å². The number of anilines is 1. The second kappa shape index (κ2) is 8.14. The molecule has 10 nitrogen and oxygen atoms in total. The molecule has 25 heavy (non-hydrogen) atoms. The van der Waals surface area contributed by atoms with E-state index in [-0.39, 0.29) is 46.2 Å². The van der Waals surface area contributed by atoms with Crippen molar-refractivity contribution in [2.75, 3.05) is 31.1 Å². The molecule has 1 atom stereocenters. The largest absolute Gasteiger partial charge is 0.733 e. The number of carboxylic acid groups (broad SMARTS) is 1. The Labute approximate surface area is 147 Å². The van der Waals surface area contributed by atoms with Gasteiger partial charge >= 0.3 is 12.1 Å². The summed E-state index contributed by atoms with van der Waals surface area (Å²) in [4.78, 5) is 24.3. The SMILES string of the molecule is COc1cc(COC(=O)N2CSCC2C(=O)O)c(N([O-])O)cc1OC. The maximum Gasteiger partial charge on any atom is 0.411 e. The number of benzene rings is 1. The Hall–Kier alpha value is -2.37. The van der Waals surface area contributed by atoms with Crippen molar-refractivity contribution in [2.45, 2.75) is 12.6 Å². The molecule has 1 aliphatic heterocycles. The lowest BCUT2D eigenvalue weighted by molar-refractivity contribution is -0.141. The van der Waals surface area contributed by atoms with Gasteiger partial charge in [-0.15, -0.1) is 11.8 Å². The van der Waals surface area contributed by atoms with Gasteiger partial charge in [-0.2, -0.15) is 0 Å². The fourth-order valence-corrected chi connectivity index (χ4v) is 3.39. The number of ether oxygens (including phenoxy) is 3. The van der Waals surface area contributed by atoms with Crippen molar-refractivity contribution >= 4 is 29.5 Å². The van der Waals surface area contributed by atoms with Crippen LogP contribution >= 0.6 is 11.8 Å². The molecule has 2 rings (SSSR count). The molecule has 1 unspecified atom stereocenters. The highest BCUT2D eigenvalue weighted by Crippen LogP contribution is 2.35. The van der Waals surface area contributed by atoms with E-state index in [1.807, 2.05) is 0 Å². The highest BCUT2D eigenvalue weighted by molar-refractivity contribution is 7.99. The molecule has 1 aliphatic rings. The van der Waals surface area contributed by atoms with Crippen LogP contribution in [0.25, 0.3) is 0 Å². The smallest absolute Gasteiger partial charge is 0.411 e. The van der Waals surface area contributed by atoms with Crippen LogP contribution in [0.1, 0.15) is 5.56 Å². The summed E-state index contributed by atoms with van der Waals surface area (Å²) in [5.74, 6) is -0.155. The number of nitrogens with zero attached hydrogens (tertiary/aromatic N) is 2. The van der Waals surface area contributed by atoms with Crippen molar-refractivity contribution in [1.82, 2.24) is 4.90 Å². The third-order valence-electron chi connectivity index (χ3n) is 3.54. The predicted molar refractivity (Wildman–Crippen MR) is 88.0 cm³/mol. The molecule has 0 bridgehead atoms. The van der Waals surface area contributed by atoms with Crippen molar-refractivity contribution in [3.63, 3.8) is 0 Å². The standard InChI is InChI=1S/C14H17N2O8S/c1-22-11-3-8(9(16(20)21)4-12(11)23-2)5-24-14(19)15-7-25-6-10(15)13(17)18/h3-4,10,20H,5-7H2,1-2H3,(H,17,18)/q-1. The van der Waals surface area contributed by atoms with Crippen LogP contribution in [0.3, 0.4) is 0 Å². The number of aliphatic carboxylic acids is 1. The number of carboxylic acids is 1. The molecule has 1 aromatic carbocycles. The zero-order chi connectivity index (χ0) is 18.6. The molecule has 1 fully saturated rings. The van der Waals surface area contributed by atoms with Gasteiger partial charge in [0.15, 0.2) is 11.5 Å². The van der Waals surface area contributed by atoms with E-state index in [4.69, 9.17) is 19.3 Å². The molecule has 138 valence electrons. The number of carbonyl (C=O) groups excluding carboxylic acids is 1. The maximum atomic E-state index is 12.1. The van der Waals surface area contributed by atoms with Crippen molar-refractivity contribution in [3.05, 3.63) is 22.9 Å². The Morgan fingerprint density at radius 3 is 2.56 bits per heavy atom. The minimum absolute atomic E-state index is 0.169. The summed E-state index contributed by atoms with van der Waals surface area (Å²) in [6.07, 6.45) is -0.825. The Morgan fingerprint density at radius 1 is 1.36 bits per heavy atom. The van der Waals surface area contributed by atoms with Gasteiger partial charge in [-0.25, -0.2) is 9.59 Å². The number of carbonyl (C=O) groups is 2. The van der Waals surface area contributed by atoms with E-state index >= 15 is 0 Å². The summed E-state index contributed by atoms with van der Waals surface area (Å²) in [5.41, 5.74) is -0.0155. The van der Waals surface area contributed by atoms with Crippen molar-refractivity contribution in [1.29, 1.82) is 0 Å². The van der Waals surface area contributed by atoms with Crippen molar-refractivity contribution < 1.29 is 34.1 Å². The quantitative estimate of drug-likeness (QED) is 0.707. The number of hydrogen-bond acceptors (Lipinski definition) is 9. The Balaban J connectivity index is 2.16. The molecule has 0 aromatic heterocycles. The van der Waals surface area contributed by atoms with Gasteiger partial charge in [0, 0.05) is 17.4 Å². The van der Waals surface area contributed by atoms with Gasteiger partial charge in [-0.3, -0.25) is 10.1 Å². The second-order valence-electron chi connectivity index (χ2n) is 4.99. The summed E-state index contributed by atoms with van der Waals surface area (Å²) in [6.45, 7) is -0.360. The zero-order valence-corrected chi connectivity index (χ0v) is 14.3. The number of hydrogen-bond donors (Lipinski definition) is 2. The molecule has 2 N–H and O–H groups in total. The molecule has 1 aromatic rings. The van der Waals surface area contributed by atoms with E-state index in [1.54, 1.807) is 0 Å². The van der Waals surface area contributed by atoms with Crippen LogP contribution in [0.4, 0.5) is 10.5 Å². The van der Waals surface area contributed by atoms with Crippen LogP contribution in [-0.4, -0.2) is 59.2 Å². The summed E-state index contributed by atoms with van der Waals surface area (Å²) >= 11 is 1.30. The minimum atomic E-state index is -1.12. The highest BCUT2D eigenvalue weighted by Gasteiger charge is 2.35. The Kier molecular flexibility index (Phi) is 6.17. The van der Waals surface area contributed by atoms with Gasteiger partial charge in [0.25, 0.3) is 0 Å². The summed E-state index contributed by atoms with van der Waals surface area (Å²) in [5, 5.41) is 29.3. The lowest BCUT2D eigenvalue weighted by Gasteiger charge is -2.26. The normalized spacial score (nSPS) is 16.5. The fourth-order valence-electron chi connectivity index (χ4n) is 2.25. The van der Waals surface area contributed by atoms with E-state index in [0.29, 0.717) is 0 Å². The lowest BCUT2D eigenvalue weighted by atomic mass is 10.1. The molecule has 1 saturated heterocycles. The first-order valence-electron chi connectivity index (χ1n) is 7.04. The molecular weight excluding hydrogens is 356 g/mol. The summed E-state index contributed by atoms with van der Waals surface area (Å²) in [7, 11) is 2.76. The van der Waals surface area contributed by atoms with E-state index in [1.165, 1.54) is 38.1 Å². The first-order chi connectivity index (χ1) is 11.9. The van der Waals surface area contributed by atoms with E-state index in [0.717, 1.165) is 4.90 Å². The highest BCUT2D eigenvalue weighted by atomic mass is 32.2. The first kappa shape index (κ1) is 19.0. The van der Waals surface area contributed by atoms with Gasteiger partial charge < -0.3 is 29.8 Å². The van der Waals surface area contributed by atoms with E-state index < -0.39 is 18.1 Å². The van der Waals surface area contributed by atoms with E-state index in [2.05, 4.69) is 0 Å². The van der Waals surface area contributed by atoms with Crippen LogP contribution < -0.4 is 14.7 Å². The maximum absolute atomic E-state index is 12.1. The molecular formula is C14H17N2O8S-. The van der Waals surface area contributed by atoms with Crippen LogP contribution in [0, 0.1) is 5.21 Å². The van der Waals surface area contributed by atoms with Crippen molar-refractivity contribution in [3.8, 4) is 11.5 Å². The molecule has 1 heterocycles. The van der Waals surface area contributed by atoms with Gasteiger partial charge in [0.2, 0.25) is 0 Å². The molecule has 0 radical (unpaired) electrons. The van der Waals surface area contributed by atoms with Crippen LogP contribution in [-0.2, 0) is 16.1 Å². The first-order valence-corrected chi connectivity index (χ1v) is 8.19. The monoisotopic (exact) mass is 373 g/mol. The molecule has 11 heteroatoms. The van der Waals surface area contributed by atoms with Crippen molar-refractivity contribution in [2.24, 2.45) is 0 Å². The predicted octanol–water partition coefficient (Wildman–Crippen LogP) is 1.49. The Bertz CT molecular complexity index is 654. The average Bonchev–Trinajstić information content (AvgIpc) is 3.08. The molecule has 0 aliphatic carbocycles. The number of thioether (sulfide) groups is 1. The third-order valence-corrected chi connectivity index (χ3v) is 4.56. The zero-order valence-electron chi connectivity index (χ0n) is 13.5. The van der Waals surface area contributed by atoms with Gasteiger partial charge in [0.05, 0.1) is 25.8 Å². The van der Waals surface area contributed by atoms with Crippen LogP contribution in [0.5, 0.6) is 11.5 Å². The third kappa shape index (κ3) is 4.18. The fraction of sp³-hybridized carbons (Fsp3) is 0.429. The van der Waals surface area contributed by atoms with Gasteiger partial charge in [-0.05, 0) is 6.07 Å². The lowest BCUT2D eigenvalue weighted by Crippen LogP contribution is -2.42. The van der Waals surface area contributed by atoms with Crippen LogP contribution in [0.2, 0.25) is 0 Å². The van der Waals surface area contributed by atoms with Gasteiger partial charge in [0.1, 0.15) is 12.6 Å². The topological polar surface area (TPSA) is 132 Å². The molecule has 1 amide bonds. The Morgan fingerprint density at radius 2 is 2.00 bits per heavy atom.